The molecule has 1 amide bonds. The van der Waals surface area contributed by atoms with Crippen molar-refractivity contribution in [3.8, 4) is 0 Å². The van der Waals surface area contributed by atoms with Crippen molar-refractivity contribution in [2.75, 3.05) is 26.3 Å². The molecule has 19 heavy (non-hydrogen) atoms. The van der Waals surface area contributed by atoms with E-state index in [-0.39, 0.29) is 11.9 Å². The fourth-order valence-corrected chi connectivity index (χ4v) is 2.30. The van der Waals surface area contributed by atoms with Gasteiger partial charge in [-0.05, 0) is 19.4 Å². The number of hydrogen-bond acceptors (Lipinski definition) is 2. The van der Waals surface area contributed by atoms with Crippen LogP contribution in [0.3, 0.4) is 0 Å². The molecule has 1 fully saturated rings. The lowest BCUT2D eigenvalue weighted by Gasteiger charge is -2.28. The summed E-state index contributed by atoms with van der Waals surface area (Å²) >= 11 is 0. The van der Waals surface area contributed by atoms with Crippen molar-refractivity contribution in [3.05, 3.63) is 35.4 Å². The molecule has 1 saturated heterocycles. The van der Waals surface area contributed by atoms with Crippen LogP contribution in [0.15, 0.2) is 24.3 Å². The van der Waals surface area contributed by atoms with Gasteiger partial charge in [0.05, 0.1) is 13.2 Å². The van der Waals surface area contributed by atoms with E-state index in [9.17, 15) is 4.79 Å². The lowest BCUT2D eigenvalue weighted by molar-refractivity contribution is -0.921. The zero-order chi connectivity index (χ0) is 13.7. The van der Waals surface area contributed by atoms with E-state index in [0.717, 1.165) is 31.9 Å². The third-order valence-corrected chi connectivity index (χ3v) is 3.73. The van der Waals surface area contributed by atoms with E-state index in [4.69, 9.17) is 4.74 Å². The summed E-state index contributed by atoms with van der Waals surface area (Å²) in [6, 6.07) is 8.24. The number of morpholine rings is 1. The molecule has 0 saturated carbocycles. The topological polar surface area (TPSA) is 42.8 Å². The van der Waals surface area contributed by atoms with Crippen LogP contribution in [-0.4, -0.2) is 38.3 Å². The Labute approximate surface area is 114 Å². The van der Waals surface area contributed by atoms with Crippen LogP contribution in [0, 0.1) is 6.92 Å². The predicted octanol–water partition coefficient (Wildman–Crippen LogP) is -0.0852. The van der Waals surface area contributed by atoms with Gasteiger partial charge in [-0.15, -0.1) is 0 Å². The highest BCUT2D eigenvalue weighted by atomic mass is 16.5. The van der Waals surface area contributed by atoms with Gasteiger partial charge >= 0.3 is 0 Å². The first-order valence-electron chi connectivity index (χ1n) is 6.92. The first-order valence-corrected chi connectivity index (χ1v) is 6.92. The molecule has 4 heteroatoms. The molecule has 1 aliphatic heterocycles. The Balaban J connectivity index is 1.81. The number of benzene rings is 1. The molecule has 0 aromatic heterocycles. The SMILES string of the molecule is Cc1ccc(CNC(=O)[C@H](C)[NH+]2CCOCC2)cc1. The van der Waals surface area contributed by atoms with Crippen molar-refractivity contribution in [3.63, 3.8) is 0 Å². The van der Waals surface area contributed by atoms with Crippen molar-refractivity contribution < 1.29 is 14.4 Å². The quantitative estimate of drug-likeness (QED) is 0.797. The van der Waals surface area contributed by atoms with Crippen LogP contribution >= 0.6 is 0 Å². The number of amides is 1. The Morgan fingerprint density at radius 2 is 1.95 bits per heavy atom. The van der Waals surface area contributed by atoms with E-state index in [1.807, 2.05) is 6.92 Å². The van der Waals surface area contributed by atoms with Crippen molar-refractivity contribution in [2.24, 2.45) is 0 Å². The third-order valence-electron chi connectivity index (χ3n) is 3.73. The summed E-state index contributed by atoms with van der Waals surface area (Å²) in [6.45, 7) is 8.00. The number of ether oxygens (including phenoxy) is 1. The summed E-state index contributed by atoms with van der Waals surface area (Å²) in [4.78, 5) is 13.4. The summed E-state index contributed by atoms with van der Waals surface area (Å²) in [5.41, 5.74) is 2.38. The molecule has 0 spiro atoms. The molecule has 1 heterocycles. The second kappa shape index (κ2) is 6.68. The Kier molecular flexibility index (Phi) is 4.93. The van der Waals surface area contributed by atoms with Crippen LogP contribution in [-0.2, 0) is 16.1 Å². The van der Waals surface area contributed by atoms with Gasteiger partial charge in [0.15, 0.2) is 6.04 Å². The van der Waals surface area contributed by atoms with E-state index in [2.05, 4.69) is 36.5 Å². The lowest BCUT2D eigenvalue weighted by atomic mass is 10.1. The molecular formula is C15H23N2O2+. The van der Waals surface area contributed by atoms with Crippen molar-refractivity contribution in [1.29, 1.82) is 0 Å². The van der Waals surface area contributed by atoms with Crippen LogP contribution < -0.4 is 10.2 Å². The summed E-state index contributed by atoms with van der Waals surface area (Å²) < 4.78 is 5.32. The molecule has 2 N–H and O–H groups in total. The zero-order valence-corrected chi connectivity index (χ0v) is 11.7. The minimum Gasteiger partial charge on any atom is -0.370 e. The van der Waals surface area contributed by atoms with E-state index in [0.29, 0.717) is 6.54 Å². The van der Waals surface area contributed by atoms with E-state index in [1.54, 1.807) is 0 Å². The maximum absolute atomic E-state index is 12.1. The second-order valence-corrected chi connectivity index (χ2v) is 5.20. The number of quaternary nitrogens is 1. The van der Waals surface area contributed by atoms with Crippen molar-refractivity contribution in [2.45, 2.75) is 26.4 Å². The monoisotopic (exact) mass is 263 g/mol. The van der Waals surface area contributed by atoms with Crippen LogP contribution in [0.5, 0.6) is 0 Å². The molecule has 0 bridgehead atoms. The molecule has 0 radical (unpaired) electrons. The number of rotatable bonds is 4. The number of hydrogen-bond donors (Lipinski definition) is 2. The van der Waals surface area contributed by atoms with Crippen molar-refractivity contribution >= 4 is 5.91 Å². The minimum atomic E-state index is -0.00523. The molecule has 104 valence electrons. The van der Waals surface area contributed by atoms with Crippen molar-refractivity contribution in [1.82, 2.24) is 5.32 Å². The molecule has 0 unspecified atom stereocenters. The van der Waals surface area contributed by atoms with E-state index in [1.165, 1.54) is 10.5 Å². The van der Waals surface area contributed by atoms with E-state index < -0.39 is 0 Å². The van der Waals surface area contributed by atoms with Gasteiger partial charge in [-0.1, -0.05) is 29.8 Å². The predicted molar refractivity (Wildman–Crippen MR) is 74.0 cm³/mol. The Hall–Kier alpha value is -1.39. The summed E-state index contributed by atoms with van der Waals surface area (Å²) in [6.07, 6.45) is 0. The number of carbonyl (C=O) groups excluding carboxylic acids is 1. The van der Waals surface area contributed by atoms with Crippen LogP contribution in [0.2, 0.25) is 0 Å². The summed E-state index contributed by atoms with van der Waals surface area (Å²) in [5.74, 6) is 0.123. The fourth-order valence-electron chi connectivity index (χ4n) is 2.30. The molecule has 1 aromatic rings. The van der Waals surface area contributed by atoms with Gasteiger partial charge in [0, 0.05) is 6.54 Å². The van der Waals surface area contributed by atoms with Crippen LogP contribution in [0.25, 0.3) is 0 Å². The smallest absolute Gasteiger partial charge is 0.278 e. The van der Waals surface area contributed by atoms with Gasteiger partial charge in [-0.2, -0.15) is 0 Å². The maximum atomic E-state index is 12.1. The molecule has 1 aliphatic rings. The summed E-state index contributed by atoms with van der Waals surface area (Å²) in [7, 11) is 0. The number of carbonyl (C=O) groups is 1. The average Bonchev–Trinajstić information content (AvgIpc) is 2.46. The Morgan fingerprint density at radius 1 is 1.32 bits per heavy atom. The highest BCUT2D eigenvalue weighted by molar-refractivity contribution is 5.79. The lowest BCUT2D eigenvalue weighted by Crippen LogP contribution is -3.18. The maximum Gasteiger partial charge on any atom is 0.278 e. The van der Waals surface area contributed by atoms with Gasteiger partial charge < -0.3 is 15.0 Å². The van der Waals surface area contributed by atoms with Crippen LogP contribution in [0.4, 0.5) is 0 Å². The number of aryl methyl sites for hydroxylation is 1. The van der Waals surface area contributed by atoms with Gasteiger partial charge in [0.2, 0.25) is 0 Å². The molecule has 2 rings (SSSR count). The zero-order valence-electron chi connectivity index (χ0n) is 11.7. The summed E-state index contributed by atoms with van der Waals surface area (Å²) in [5, 5.41) is 3.01. The van der Waals surface area contributed by atoms with Gasteiger partial charge in [-0.25, -0.2) is 0 Å². The first-order chi connectivity index (χ1) is 9.16. The minimum absolute atomic E-state index is 0.00523. The highest BCUT2D eigenvalue weighted by Gasteiger charge is 2.26. The molecular weight excluding hydrogens is 240 g/mol. The normalized spacial score (nSPS) is 18.0. The number of nitrogens with one attached hydrogen (secondary N) is 2. The highest BCUT2D eigenvalue weighted by Crippen LogP contribution is 2.02. The molecule has 1 atom stereocenters. The molecule has 1 aromatic carbocycles. The largest absolute Gasteiger partial charge is 0.370 e. The van der Waals surface area contributed by atoms with E-state index >= 15 is 0 Å². The first kappa shape index (κ1) is 14.0. The van der Waals surface area contributed by atoms with Crippen LogP contribution in [0.1, 0.15) is 18.1 Å². The van der Waals surface area contributed by atoms with Gasteiger partial charge in [0.1, 0.15) is 13.1 Å². The Bertz CT molecular complexity index is 411. The van der Waals surface area contributed by atoms with Gasteiger partial charge in [0.25, 0.3) is 5.91 Å². The second-order valence-electron chi connectivity index (χ2n) is 5.20. The fraction of sp³-hybridized carbons (Fsp3) is 0.533. The standard InChI is InChI=1S/C15H22N2O2/c1-12-3-5-14(6-4-12)11-16-15(18)13(2)17-7-9-19-10-8-17/h3-6,13H,7-11H2,1-2H3,(H,16,18)/p+1/t13-/m0/s1. The molecule has 4 nitrogen and oxygen atoms in total. The Morgan fingerprint density at radius 3 is 2.58 bits per heavy atom. The molecule has 0 aliphatic carbocycles. The van der Waals surface area contributed by atoms with Gasteiger partial charge in [-0.3, -0.25) is 4.79 Å². The average molecular weight is 263 g/mol. The third kappa shape index (κ3) is 4.04.